The molecule has 0 aromatic heterocycles. The van der Waals surface area contributed by atoms with Gasteiger partial charge in [0.2, 0.25) is 0 Å². The fourth-order valence-corrected chi connectivity index (χ4v) is 7.93. The summed E-state index contributed by atoms with van der Waals surface area (Å²) in [4.78, 5) is 0. The standard InChI is InChI=1S/C16H36P.4FH/c1-5-9-13-17(14-10-6-2,15-11-7-3)16-12-8-4;;;;/h5-16H2,1-4H3;4*1H/q+1;;;;. The third-order valence-electron chi connectivity index (χ3n) is 3.94. The molecule has 0 aliphatic carbocycles. The Hall–Kier alpha value is 0.150. The molecule has 0 amide bonds. The van der Waals surface area contributed by atoms with Crippen molar-refractivity contribution in [3.63, 3.8) is 0 Å². The molecule has 0 saturated carbocycles. The number of unbranched alkanes of at least 4 members (excludes halogenated alkanes) is 4. The Balaban J connectivity index is -0.000000213. The average molecular weight is 339 g/mol. The van der Waals surface area contributed by atoms with Crippen LogP contribution in [0, 0.1) is 0 Å². The monoisotopic (exact) mass is 339 g/mol. The Labute approximate surface area is 130 Å². The third kappa shape index (κ3) is 16.3. The van der Waals surface area contributed by atoms with Crippen molar-refractivity contribution in [2.24, 2.45) is 0 Å². The van der Waals surface area contributed by atoms with E-state index in [1.165, 1.54) is 51.4 Å². The maximum atomic E-state index is 2.36. The Bertz CT molecular complexity index is 131. The zero-order valence-corrected chi connectivity index (χ0v) is 15.5. The van der Waals surface area contributed by atoms with Gasteiger partial charge in [-0.05, 0) is 25.7 Å². The van der Waals surface area contributed by atoms with Gasteiger partial charge in [-0.3, -0.25) is 18.8 Å². The first-order valence-electron chi connectivity index (χ1n) is 8.09. The smallest absolute Gasteiger partial charge is 0.0594 e. The molecule has 0 aromatic rings. The van der Waals surface area contributed by atoms with Gasteiger partial charge < -0.3 is 0 Å². The van der Waals surface area contributed by atoms with E-state index in [2.05, 4.69) is 27.7 Å². The Kier molecular flexibility index (Phi) is 35.2. The lowest BCUT2D eigenvalue weighted by Crippen LogP contribution is -2.12. The summed E-state index contributed by atoms with van der Waals surface area (Å²) < 4.78 is 0. The molecule has 0 nitrogen and oxygen atoms in total. The van der Waals surface area contributed by atoms with E-state index >= 15 is 0 Å². The largest absolute Gasteiger partial charge is 0.269 e. The van der Waals surface area contributed by atoms with Gasteiger partial charge in [0.25, 0.3) is 0 Å². The molecule has 21 heavy (non-hydrogen) atoms. The summed E-state index contributed by atoms with van der Waals surface area (Å²) in [7, 11) is -0.562. The maximum Gasteiger partial charge on any atom is 0.0594 e. The number of hydrogen-bond donors (Lipinski definition) is 0. The van der Waals surface area contributed by atoms with Crippen LogP contribution in [0.1, 0.15) is 79.1 Å². The maximum absolute atomic E-state index is 2.36. The van der Waals surface area contributed by atoms with Gasteiger partial charge in [0, 0.05) is 7.26 Å². The van der Waals surface area contributed by atoms with Gasteiger partial charge in [-0.25, -0.2) is 0 Å². The van der Waals surface area contributed by atoms with Crippen molar-refractivity contribution in [1.82, 2.24) is 0 Å². The molecule has 0 radical (unpaired) electrons. The predicted molar refractivity (Wildman–Crippen MR) is 96.0 cm³/mol. The van der Waals surface area contributed by atoms with Crippen LogP contribution >= 0.6 is 7.26 Å². The van der Waals surface area contributed by atoms with Crippen molar-refractivity contribution in [1.29, 1.82) is 0 Å². The van der Waals surface area contributed by atoms with Gasteiger partial charge in [0.1, 0.15) is 0 Å². The highest BCUT2D eigenvalue weighted by Crippen LogP contribution is 2.61. The summed E-state index contributed by atoms with van der Waals surface area (Å²) in [5.41, 5.74) is 0. The van der Waals surface area contributed by atoms with E-state index in [-0.39, 0.29) is 18.8 Å². The number of rotatable bonds is 12. The third-order valence-corrected chi connectivity index (χ3v) is 9.00. The molecule has 0 N–H and O–H groups in total. The molecule has 0 spiro atoms. The van der Waals surface area contributed by atoms with E-state index in [0.29, 0.717) is 0 Å². The molecule has 0 heterocycles. The van der Waals surface area contributed by atoms with E-state index in [9.17, 15) is 0 Å². The van der Waals surface area contributed by atoms with Crippen molar-refractivity contribution in [2.75, 3.05) is 24.6 Å². The lowest BCUT2D eigenvalue weighted by Gasteiger charge is -2.28. The van der Waals surface area contributed by atoms with Crippen molar-refractivity contribution in [3.05, 3.63) is 0 Å². The Morgan fingerprint density at radius 2 is 0.619 bits per heavy atom. The highest BCUT2D eigenvalue weighted by Gasteiger charge is 2.34. The lowest BCUT2D eigenvalue weighted by molar-refractivity contribution is 0.814. The van der Waals surface area contributed by atoms with E-state index < -0.39 is 7.26 Å². The second-order valence-corrected chi connectivity index (χ2v) is 10.1. The van der Waals surface area contributed by atoms with Crippen LogP contribution < -0.4 is 0 Å². The molecule has 0 fully saturated rings. The first kappa shape index (κ1) is 32.9. The van der Waals surface area contributed by atoms with Crippen molar-refractivity contribution in [2.45, 2.75) is 79.1 Å². The van der Waals surface area contributed by atoms with Gasteiger partial charge in [0.15, 0.2) is 0 Å². The lowest BCUT2D eigenvalue weighted by atomic mass is 10.4. The SMILES string of the molecule is CCCC[P+](CCCC)(CCCC)CCCC.F.F.F.F. The van der Waals surface area contributed by atoms with Gasteiger partial charge in [-0.1, -0.05) is 53.4 Å². The van der Waals surface area contributed by atoms with E-state index in [1.807, 2.05) is 0 Å². The molecule has 0 aliphatic heterocycles. The Morgan fingerprint density at radius 3 is 0.762 bits per heavy atom. The topological polar surface area (TPSA) is 0 Å². The molecular weight excluding hydrogens is 299 g/mol. The van der Waals surface area contributed by atoms with Crippen molar-refractivity contribution >= 4 is 7.26 Å². The minimum atomic E-state index is -0.562. The molecule has 0 atom stereocenters. The highest BCUT2D eigenvalue weighted by atomic mass is 31.2. The molecule has 5 heteroatoms. The molecular formula is C16H40F4P+. The van der Waals surface area contributed by atoms with Crippen LogP contribution in [-0.2, 0) is 0 Å². The molecule has 0 saturated heterocycles. The fourth-order valence-electron chi connectivity index (χ4n) is 2.64. The summed E-state index contributed by atoms with van der Waals surface area (Å²) in [6.45, 7) is 9.42. The van der Waals surface area contributed by atoms with Crippen LogP contribution in [-0.4, -0.2) is 24.6 Å². The van der Waals surface area contributed by atoms with E-state index in [1.54, 1.807) is 24.6 Å². The first-order valence-corrected chi connectivity index (χ1v) is 10.6. The number of halogens is 4. The zero-order chi connectivity index (χ0) is 13.0. The molecule has 0 aromatic carbocycles. The first-order chi connectivity index (χ1) is 8.24. The number of hydrogen-bond acceptors (Lipinski definition) is 0. The van der Waals surface area contributed by atoms with Crippen LogP contribution in [0.4, 0.5) is 18.8 Å². The van der Waals surface area contributed by atoms with Gasteiger partial charge in [-0.15, -0.1) is 0 Å². The quantitative estimate of drug-likeness (QED) is 0.270. The minimum absolute atomic E-state index is 0. The zero-order valence-electron chi connectivity index (χ0n) is 14.6. The van der Waals surface area contributed by atoms with Crippen LogP contribution in [0.25, 0.3) is 0 Å². The van der Waals surface area contributed by atoms with Crippen LogP contribution in [0.2, 0.25) is 0 Å². The van der Waals surface area contributed by atoms with Gasteiger partial charge in [0.05, 0.1) is 24.6 Å². The second-order valence-electron chi connectivity index (χ2n) is 5.65. The van der Waals surface area contributed by atoms with Gasteiger partial charge >= 0.3 is 0 Å². The molecule has 136 valence electrons. The molecule has 0 unspecified atom stereocenters. The predicted octanol–water partition coefficient (Wildman–Crippen LogP) is 6.81. The molecule has 0 aliphatic rings. The highest BCUT2D eigenvalue weighted by molar-refractivity contribution is 7.75. The Morgan fingerprint density at radius 1 is 0.429 bits per heavy atom. The molecule has 0 rings (SSSR count). The normalized spacial score (nSPS) is 9.71. The van der Waals surface area contributed by atoms with Gasteiger partial charge in [-0.2, -0.15) is 0 Å². The molecule has 0 bridgehead atoms. The van der Waals surface area contributed by atoms with Crippen LogP contribution in [0.15, 0.2) is 0 Å². The van der Waals surface area contributed by atoms with Crippen molar-refractivity contribution in [3.8, 4) is 0 Å². The van der Waals surface area contributed by atoms with Crippen LogP contribution in [0.3, 0.4) is 0 Å². The minimum Gasteiger partial charge on any atom is -0.269 e. The van der Waals surface area contributed by atoms with E-state index in [4.69, 9.17) is 0 Å². The summed E-state index contributed by atoms with van der Waals surface area (Å²) in [6, 6.07) is 0. The van der Waals surface area contributed by atoms with Crippen molar-refractivity contribution < 1.29 is 18.8 Å². The van der Waals surface area contributed by atoms with E-state index in [0.717, 1.165) is 0 Å². The summed E-state index contributed by atoms with van der Waals surface area (Å²) in [5, 5.41) is 0. The average Bonchev–Trinajstić information content (AvgIpc) is 2.37. The van der Waals surface area contributed by atoms with Crippen LogP contribution in [0.5, 0.6) is 0 Å². The summed E-state index contributed by atoms with van der Waals surface area (Å²) in [5.74, 6) is 0. The second kappa shape index (κ2) is 22.4. The fraction of sp³-hybridized carbons (Fsp3) is 1.00. The summed E-state index contributed by atoms with van der Waals surface area (Å²) >= 11 is 0. The summed E-state index contributed by atoms with van der Waals surface area (Å²) in [6.07, 6.45) is 17.9.